The average Bonchev–Trinajstić information content (AvgIpc) is 2.66. The molecule has 0 radical (unpaired) electrons. The summed E-state index contributed by atoms with van der Waals surface area (Å²) in [5.41, 5.74) is 2.16. The van der Waals surface area contributed by atoms with E-state index in [1.54, 1.807) is 14.0 Å². The van der Waals surface area contributed by atoms with Crippen LogP contribution in [-0.4, -0.2) is 30.8 Å². The lowest BCUT2D eigenvalue weighted by atomic mass is 10.1. The van der Waals surface area contributed by atoms with Gasteiger partial charge in [0.2, 0.25) is 0 Å². The second-order valence-corrected chi connectivity index (χ2v) is 6.85. The number of methoxy groups -OCH3 is 1. The fourth-order valence-corrected chi connectivity index (χ4v) is 2.82. The molecular weight excluding hydrogens is 350 g/mol. The third-order valence-corrected chi connectivity index (χ3v) is 4.67. The normalized spacial score (nSPS) is 11.5. The van der Waals surface area contributed by atoms with Gasteiger partial charge in [0.15, 0.2) is 6.10 Å². The molecule has 1 amide bonds. The first-order chi connectivity index (χ1) is 12.5. The van der Waals surface area contributed by atoms with E-state index in [-0.39, 0.29) is 11.7 Å². The van der Waals surface area contributed by atoms with Crippen LogP contribution >= 0.6 is 11.8 Å². The van der Waals surface area contributed by atoms with Crippen LogP contribution in [0.2, 0.25) is 0 Å². The van der Waals surface area contributed by atoms with Crippen molar-refractivity contribution in [3.05, 3.63) is 59.7 Å². The summed E-state index contributed by atoms with van der Waals surface area (Å²) >= 11 is 1.35. The third-order valence-electron chi connectivity index (χ3n) is 3.68. The minimum atomic E-state index is -0.829. The van der Waals surface area contributed by atoms with Crippen molar-refractivity contribution in [2.45, 2.75) is 31.4 Å². The summed E-state index contributed by atoms with van der Waals surface area (Å²) in [5, 5.41) is 2.77. The van der Waals surface area contributed by atoms with E-state index in [2.05, 4.69) is 5.32 Å². The summed E-state index contributed by atoms with van der Waals surface area (Å²) < 4.78 is 10.3. The number of thioether (sulfide) groups is 1. The number of carbonyl (C=O) groups is 2. The number of benzene rings is 2. The SMILES string of the molecule is COc1ccc(SCC(=O)O[C@H](C)C(=O)NCc2ccc(C)cc2)cc1. The van der Waals surface area contributed by atoms with Gasteiger partial charge in [-0.1, -0.05) is 29.8 Å². The van der Waals surface area contributed by atoms with Crippen LogP contribution < -0.4 is 10.1 Å². The molecule has 0 saturated heterocycles. The van der Waals surface area contributed by atoms with Gasteiger partial charge in [-0.05, 0) is 43.7 Å². The molecule has 26 heavy (non-hydrogen) atoms. The summed E-state index contributed by atoms with van der Waals surface area (Å²) in [6.07, 6.45) is -0.829. The molecule has 0 aliphatic rings. The standard InChI is InChI=1S/C20H23NO4S/c1-14-4-6-16(7-5-14)12-21-20(23)15(2)25-19(22)13-26-18-10-8-17(24-3)9-11-18/h4-11,15H,12-13H2,1-3H3,(H,21,23)/t15-/m1/s1. The summed E-state index contributed by atoms with van der Waals surface area (Å²) in [6, 6.07) is 15.3. The molecule has 2 aromatic rings. The fourth-order valence-electron chi connectivity index (χ4n) is 2.14. The number of ether oxygens (including phenoxy) is 2. The minimum Gasteiger partial charge on any atom is -0.497 e. The molecule has 138 valence electrons. The summed E-state index contributed by atoms with van der Waals surface area (Å²) in [5.74, 6) is 0.162. The Bertz CT molecular complexity index is 728. The highest BCUT2D eigenvalue weighted by Gasteiger charge is 2.17. The van der Waals surface area contributed by atoms with Gasteiger partial charge in [0.05, 0.1) is 12.9 Å². The number of esters is 1. The second-order valence-electron chi connectivity index (χ2n) is 5.80. The van der Waals surface area contributed by atoms with Gasteiger partial charge < -0.3 is 14.8 Å². The Morgan fingerprint density at radius 1 is 1.08 bits per heavy atom. The molecular formula is C20H23NO4S. The number of hydrogen-bond acceptors (Lipinski definition) is 5. The van der Waals surface area contributed by atoms with Crippen molar-refractivity contribution in [1.82, 2.24) is 5.32 Å². The van der Waals surface area contributed by atoms with Crippen molar-refractivity contribution in [3.63, 3.8) is 0 Å². The van der Waals surface area contributed by atoms with Crippen LogP contribution in [0.15, 0.2) is 53.4 Å². The van der Waals surface area contributed by atoms with Gasteiger partial charge in [0, 0.05) is 11.4 Å². The lowest BCUT2D eigenvalue weighted by molar-refractivity contribution is -0.152. The molecule has 2 rings (SSSR count). The predicted octanol–water partition coefficient (Wildman–Crippen LogP) is 3.34. The number of carbonyl (C=O) groups excluding carboxylic acids is 2. The van der Waals surface area contributed by atoms with Gasteiger partial charge in [-0.15, -0.1) is 11.8 Å². The molecule has 0 unspecified atom stereocenters. The lowest BCUT2D eigenvalue weighted by Crippen LogP contribution is -2.35. The van der Waals surface area contributed by atoms with Crippen LogP contribution in [0.1, 0.15) is 18.1 Å². The van der Waals surface area contributed by atoms with Crippen LogP contribution in [0.4, 0.5) is 0 Å². The maximum atomic E-state index is 12.1. The van der Waals surface area contributed by atoms with Crippen molar-refractivity contribution in [1.29, 1.82) is 0 Å². The van der Waals surface area contributed by atoms with E-state index in [0.29, 0.717) is 6.54 Å². The van der Waals surface area contributed by atoms with Crippen molar-refractivity contribution in [2.24, 2.45) is 0 Å². The Morgan fingerprint density at radius 3 is 2.35 bits per heavy atom. The van der Waals surface area contributed by atoms with Crippen LogP contribution in [0.3, 0.4) is 0 Å². The Balaban J connectivity index is 1.72. The van der Waals surface area contributed by atoms with E-state index < -0.39 is 12.1 Å². The molecule has 5 nitrogen and oxygen atoms in total. The summed E-state index contributed by atoms with van der Waals surface area (Å²) in [4.78, 5) is 24.9. The third kappa shape index (κ3) is 6.44. The van der Waals surface area contributed by atoms with E-state index in [4.69, 9.17) is 9.47 Å². The van der Waals surface area contributed by atoms with Gasteiger partial charge in [0.1, 0.15) is 5.75 Å². The van der Waals surface area contributed by atoms with Crippen LogP contribution in [-0.2, 0) is 20.9 Å². The molecule has 6 heteroatoms. The number of rotatable bonds is 8. The largest absolute Gasteiger partial charge is 0.497 e. The van der Waals surface area contributed by atoms with Gasteiger partial charge in [-0.25, -0.2) is 0 Å². The van der Waals surface area contributed by atoms with E-state index in [1.165, 1.54) is 11.8 Å². The molecule has 1 N–H and O–H groups in total. The van der Waals surface area contributed by atoms with E-state index in [1.807, 2.05) is 55.5 Å². The van der Waals surface area contributed by atoms with Crippen molar-refractivity contribution < 1.29 is 19.1 Å². The highest BCUT2D eigenvalue weighted by molar-refractivity contribution is 8.00. The maximum Gasteiger partial charge on any atom is 0.317 e. The molecule has 0 fully saturated rings. The maximum absolute atomic E-state index is 12.1. The van der Waals surface area contributed by atoms with Crippen LogP contribution in [0, 0.1) is 6.92 Å². The van der Waals surface area contributed by atoms with E-state index in [9.17, 15) is 9.59 Å². The predicted molar refractivity (Wildman–Crippen MR) is 102 cm³/mol. The Morgan fingerprint density at radius 2 is 1.73 bits per heavy atom. The van der Waals surface area contributed by atoms with E-state index >= 15 is 0 Å². The molecule has 0 aromatic heterocycles. The van der Waals surface area contributed by atoms with E-state index in [0.717, 1.165) is 21.8 Å². The Kier molecular flexibility index (Phi) is 7.53. The quantitative estimate of drug-likeness (QED) is 0.568. The molecule has 0 aliphatic heterocycles. The Hall–Kier alpha value is -2.47. The molecule has 0 saturated carbocycles. The summed E-state index contributed by atoms with van der Waals surface area (Å²) in [7, 11) is 1.60. The van der Waals surface area contributed by atoms with Crippen LogP contribution in [0.25, 0.3) is 0 Å². The minimum absolute atomic E-state index is 0.141. The summed E-state index contributed by atoms with van der Waals surface area (Å²) in [6.45, 7) is 3.98. The molecule has 2 aromatic carbocycles. The average molecular weight is 373 g/mol. The zero-order valence-corrected chi connectivity index (χ0v) is 16.0. The number of amides is 1. The molecule has 0 heterocycles. The zero-order valence-electron chi connectivity index (χ0n) is 15.2. The van der Waals surface area contributed by atoms with Gasteiger partial charge in [0.25, 0.3) is 5.91 Å². The number of aryl methyl sites for hydroxylation is 1. The molecule has 1 atom stereocenters. The smallest absolute Gasteiger partial charge is 0.317 e. The van der Waals surface area contributed by atoms with Crippen molar-refractivity contribution in [3.8, 4) is 5.75 Å². The molecule has 0 aliphatic carbocycles. The molecule has 0 bridgehead atoms. The van der Waals surface area contributed by atoms with Crippen molar-refractivity contribution in [2.75, 3.05) is 12.9 Å². The first-order valence-electron chi connectivity index (χ1n) is 8.27. The lowest BCUT2D eigenvalue weighted by Gasteiger charge is -2.13. The van der Waals surface area contributed by atoms with Gasteiger partial charge >= 0.3 is 5.97 Å². The van der Waals surface area contributed by atoms with Crippen LogP contribution in [0.5, 0.6) is 5.75 Å². The topological polar surface area (TPSA) is 64.6 Å². The highest BCUT2D eigenvalue weighted by Crippen LogP contribution is 2.21. The first kappa shape index (κ1) is 19.8. The Labute approximate surface area is 158 Å². The van der Waals surface area contributed by atoms with Crippen molar-refractivity contribution >= 4 is 23.6 Å². The monoisotopic (exact) mass is 373 g/mol. The molecule has 0 spiro atoms. The second kappa shape index (κ2) is 9.87. The number of nitrogens with one attached hydrogen (secondary N) is 1. The van der Waals surface area contributed by atoms with Gasteiger partial charge in [-0.2, -0.15) is 0 Å². The first-order valence-corrected chi connectivity index (χ1v) is 9.26. The zero-order chi connectivity index (χ0) is 18.9. The highest BCUT2D eigenvalue weighted by atomic mass is 32.2. The number of hydrogen-bond donors (Lipinski definition) is 1. The fraction of sp³-hybridized carbons (Fsp3) is 0.300. The van der Waals surface area contributed by atoms with Gasteiger partial charge in [-0.3, -0.25) is 9.59 Å².